The van der Waals surface area contributed by atoms with Crippen LogP contribution in [0.5, 0.6) is 0 Å². The van der Waals surface area contributed by atoms with E-state index in [2.05, 4.69) is 49.3 Å². The highest BCUT2D eigenvalue weighted by Crippen LogP contribution is 2.24. The van der Waals surface area contributed by atoms with Crippen molar-refractivity contribution in [2.75, 3.05) is 0 Å². The summed E-state index contributed by atoms with van der Waals surface area (Å²) < 4.78 is 0. The molecule has 108 valence electrons. The van der Waals surface area contributed by atoms with E-state index >= 15 is 0 Å². The quantitative estimate of drug-likeness (QED) is 0.492. The molecule has 0 heteroatoms. The van der Waals surface area contributed by atoms with Crippen LogP contribution in [0.2, 0.25) is 0 Å². The summed E-state index contributed by atoms with van der Waals surface area (Å²) in [6.45, 7) is 7.74. The Hall–Kier alpha value is -2.78. The van der Waals surface area contributed by atoms with Crippen LogP contribution < -0.4 is 0 Å². The first kappa shape index (κ1) is 15.6. The minimum atomic E-state index is 0.762. The molecule has 0 nitrogen and oxygen atoms in total. The Balaban J connectivity index is 2.47. The standard InChI is InChI=1S/C22H20/c1-3-11-20(18-17-19-13-7-5-8-14-19)22(12-4-2)21-15-9-6-10-16-21/h3-10,13-16H,1-2,11-12H2. The molecule has 0 radical (unpaired) electrons. The third kappa shape index (κ3) is 4.36. The molecule has 2 aromatic carbocycles. The van der Waals surface area contributed by atoms with Crippen LogP contribution in [0.25, 0.3) is 5.57 Å². The van der Waals surface area contributed by atoms with Crippen molar-refractivity contribution in [3.8, 4) is 11.8 Å². The first-order valence-corrected chi connectivity index (χ1v) is 7.41. The molecule has 22 heavy (non-hydrogen) atoms. The van der Waals surface area contributed by atoms with Crippen LogP contribution >= 0.6 is 0 Å². The van der Waals surface area contributed by atoms with Gasteiger partial charge in [0.15, 0.2) is 0 Å². The number of allylic oxidation sites excluding steroid dienone is 4. The van der Waals surface area contributed by atoms with E-state index in [1.165, 1.54) is 11.1 Å². The molecule has 0 aliphatic carbocycles. The number of benzene rings is 2. The van der Waals surface area contributed by atoms with Crippen molar-refractivity contribution in [2.24, 2.45) is 0 Å². The first-order chi connectivity index (χ1) is 10.8. The van der Waals surface area contributed by atoms with E-state index in [9.17, 15) is 0 Å². The maximum Gasteiger partial charge on any atom is 0.0248 e. The van der Waals surface area contributed by atoms with Crippen LogP contribution in [-0.2, 0) is 0 Å². The summed E-state index contributed by atoms with van der Waals surface area (Å²) in [5.41, 5.74) is 4.54. The van der Waals surface area contributed by atoms with Crippen molar-refractivity contribution < 1.29 is 0 Å². The van der Waals surface area contributed by atoms with E-state index in [-0.39, 0.29) is 0 Å². The summed E-state index contributed by atoms with van der Waals surface area (Å²) in [4.78, 5) is 0. The van der Waals surface area contributed by atoms with E-state index in [0.29, 0.717) is 0 Å². The zero-order chi connectivity index (χ0) is 15.6. The summed E-state index contributed by atoms with van der Waals surface area (Å²) in [6, 6.07) is 20.4. The van der Waals surface area contributed by atoms with Gasteiger partial charge in [-0.15, -0.1) is 13.2 Å². The van der Waals surface area contributed by atoms with Crippen LogP contribution in [0.1, 0.15) is 24.0 Å². The SMILES string of the molecule is C=CCC(C#Cc1ccccc1)=C(CC=C)c1ccccc1. The van der Waals surface area contributed by atoms with Gasteiger partial charge in [-0.05, 0) is 36.1 Å². The van der Waals surface area contributed by atoms with Crippen LogP contribution in [-0.4, -0.2) is 0 Å². The van der Waals surface area contributed by atoms with E-state index in [1.807, 2.05) is 48.6 Å². The average Bonchev–Trinajstić information content (AvgIpc) is 2.58. The topological polar surface area (TPSA) is 0 Å². The Bertz CT molecular complexity index is 707. The van der Waals surface area contributed by atoms with Gasteiger partial charge in [0.05, 0.1) is 0 Å². The maximum absolute atomic E-state index is 3.88. The lowest BCUT2D eigenvalue weighted by Crippen LogP contribution is -1.90. The summed E-state index contributed by atoms with van der Waals surface area (Å²) in [5, 5.41) is 0. The van der Waals surface area contributed by atoms with Crippen LogP contribution in [0.3, 0.4) is 0 Å². The molecular formula is C22H20. The monoisotopic (exact) mass is 284 g/mol. The minimum absolute atomic E-state index is 0.762. The van der Waals surface area contributed by atoms with Gasteiger partial charge < -0.3 is 0 Å². The molecule has 0 aliphatic heterocycles. The van der Waals surface area contributed by atoms with E-state index < -0.39 is 0 Å². The van der Waals surface area contributed by atoms with Gasteiger partial charge in [0.1, 0.15) is 0 Å². The number of hydrogen-bond acceptors (Lipinski definition) is 0. The highest BCUT2D eigenvalue weighted by Gasteiger charge is 2.05. The molecule has 0 amide bonds. The van der Waals surface area contributed by atoms with Crippen LogP contribution in [0.4, 0.5) is 0 Å². The molecule has 2 aromatic rings. The molecule has 0 saturated carbocycles. The Kier molecular flexibility index (Phi) is 6.03. The molecular weight excluding hydrogens is 264 g/mol. The predicted octanol–water partition coefficient (Wildman–Crippen LogP) is 5.64. The summed E-state index contributed by atoms with van der Waals surface area (Å²) in [7, 11) is 0. The Morgan fingerprint density at radius 3 is 2.00 bits per heavy atom. The van der Waals surface area contributed by atoms with Gasteiger partial charge in [-0.2, -0.15) is 0 Å². The second-order valence-electron chi connectivity index (χ2n) is 4.92. The van der Waals surface area contributed by atoms with Gasteiger partial charge in [-0.3, -0.25) is 0 Å². The zero-order valence-corrected chi connectivity index (χ0v) is 12.8. The minimum Gasteiger partial charge on any atom is -0.103 e. The van der Waals surface area contributed by atoms with Crippen LogP contribution in [0, 0.1) is 11.8 Å². The Morgan fingerprint density at radius 1 is 0.818 bits per heavy atom. The van der Waals surface area contributed by atoms with Crippen molar-refractivity contribution in [3.05, 3.63) is 103 Å². The summed E-state index contributed by atoms with van der Waals surface area (Å²) in [6.07, 6.45) is 5.39. The number of hydrogen-bond donors (Lipinski definition) is 0. The fraction of sp³-hybridized carbons (Fsp3) is 0.0909. The van der Waals surface area contributed by atoms with Gasteiger partial charge >= 0.3 is 0 Å². The van der Waals surface area contributed by atoms with Gasteiger partial charge in [0.2, 0.25) is 0 Å². The lowest BCUT2D eigenvalue weighted by atomic mass is 9.95. The predicted molar refractivity (Wildman–Crippen MR) is 96.3 cm³/mol. The van der Waals surface area contributed by atoms with Gasteiger partial charge in [-0.25, -0.2) is 0 Å². The van der Waals surface area contributed by atoms with Crippen molar-refractivity contribution in [3.63, 3.8) is 0 Å². The summed E-state index contributed by atoms with van der Waals surface area (Å²) in [5.74, 6) is 6.58. The molecule has 0 atom stereocenters. The zero-order valence-electron chi connectivity index (χ0n) is 12.8. The largest absolute Gasteiger partial charge is 0.103 e. The fourth-order valence-electron chi connectivity index (χ4n) is 2.26. The van der Waals surface area contributed by atoms with E-state index in [4.69, 9.17) is 0 Å². The van der Waals surface area contributed by atoms with Crippen molar-refractivity contribution >= 4 is 5.57 Å². The molecule has 0 bridgehead atoms. The van der Waals surface area contributed by atoms with Crippen molar-refractivity contribution in [1.82, 2.24) is 0 Å². The lowest BCUT2D eigenvalue weighted by molar-refractivity contribution is 1.26. The second-order valence-corrected chi connectivity index (χ2v) is 4.92. The molecule has 0 spiro atoms. The molecule has 0 aliphatic rings. The summed E-state index contributed by atoms with van der Waals surface area (Å²) >= 11 is 0. The Morgan fingerprint density at radius 2 is 1.41 bits per heavy atom. The Labute approximate surface area is 133 Å². The van der Waals surface area contributed by atoms with Gasteiger partial charge in [-0.1, -0.05) is 72.5 Å². The molecule has 0 saturated heterocycles. The van der Waals surface area contributed by atoms with Gasteiger partial charge in [0.25, 0.3) is 0 Å². The van der Waals surface area contributed by atoms with Crippen molar-refractivity contribution in [1.29, 1.82) is 0 Å². The lowest BCUT2D eigenvalue weighted by Gasteiger charge is -2.09. The molecule has 0 N–H and O–H groups in total. The smallest absolute Gasteiger partial charge is 0.0248 e. The normalized spacial score (nSPS) is 10.9. The van der Waals surface area contributed by atoms with E-state index in [0.717, 1.165) is 24.0 Å². The molecule has 0 aromatic heterocycles. The van der Waals surface area contributed by atoms with Gasteiger partial charge in [0, 0.05) is 11.1 Å². The van der Waals surface area contributed by atoms with Crippen molar-refractivity contribution in [2.45, 2.75) is 12.8 Å². The second kappa shape index (κ2) is 8.49. The third-order valence-electron chi connectivity index (χ3n) is 3.31. The number of rotatable bonds is 5. The molecule has 2 rings (SSSR count). The highest BCUT2D eigenvalue weighted by atomic mass is 14.1. The fourth-order valence-corrected chi connectivity index (χ4v) is 2.26. The third-order valence-corrected chi connectivity index (χ3v) is 3.31. The molecule has 0 unspecified atom stereocenters. The highest BCUT2D eigenvalue weighted by molar-refractivity contribution is 5.74. The first-order valence-electron chi connectivity index (χ1n) is 7.41. The van der Waals surface area contributed by atoms with Crippen LogP contribution in [0.15, 0.2) is 91.5 Å². The average molecular weight is 284 g/mol. The molecule has 0 heterocycles. The molecule has 0 fully saturated rings. The van der Waals surface area contributed by atoms with E-state index in [1.54, 1.807) is 0 Å². The maximum atomic E-state index is 3.88.